The van der Waals surface area contributed by atoms with Crippen molar-refractivity contribution >= 4 is 11.6 Å². The average Bonchev–Trinajstić information content (AvgIpc) is 2.84. The van der Waals surface area contributed by atoms with Crippen LogP contribution in [0.2, 0.25) is 0 Å². The van der Waals surface area contributed by atoms with Gasteiger partial charge in [-0.15, -0.1) is 0 Å². The number of aliphatic hydroxyl groups excluding tert-OH is 2. The van der Waals surface area contributed by atoms with E-state index in [1.54, 1.807) is 26.8 Å². The maximum atomic E-state index is 16.9. The van der Waals surface area contributed by atoms with Crippen LogP contribution in [0.15, 0.2) is 23.8 Å². The largest absolute Gasteiger partial charge is 0.390 e. The minimum Gasteiger partial charge on any atom is -0.390 e. The molecule has 4 rings (SSSR count). The predicted molar refractivity (Wildman–Crippen MR) is 99.9 cm³/mol. The number of Topliss-reactive ketones (excluding diaryl/α,β-unsaturated/α-hetero) is 1. The summed E-state index contributed by atoms with van der Waals surface area (Å²) in [6, 6.07) is 0. The Morgan fingerprint density at radius 1 is 1.31 bits per heavy atom. The van der Waals surface area contributed by atoms with Gasteiger partial charge in [-0.2, -0.15) is 0 Å². The van der Waals surface area contributed by atoms with E-state index < -0.39 is 52.4 Å². The van der Waals surface area contributed by atoms with Gasteiger partial charge in [0.15, 0.2) is 17.2 Å². The molecule has 29 heavy (non-hydrogen) atoms. The fourth-order valence-corrected chi connectivity index (χ4v) is 7.26. The predicted octanol–water partition coefficient (Wildman–Crippen LogP) is 1.89. The Morgan fingerprint density at radius 3 is 2.59 bits per heavy atom. The number of aliphatic hydroxyl groups is 3. The molecule has 0 heterocycles. The van der Waals surface area contributed by atoms with Crippen molar-refractivity contribution < 1.29 is 46.4 Å². The third kappa shape index (κ3) is 2.48. The van der Waals surface area contributed by atoms with Crippen LogP contribution >= 0.6 is 0 Å². The number of carbonyl (C=O) groups is 2. The monoisotopic (exact) mass is 455 g/mol. The number of hydrogen-bond donors (Lipinski definition) is 3. The topological polar surface area (TPSA) is 94.8 Å². The zero-order chi connectivity index (χ0) is 20.7. The van der Waals surface area contributed by atoms with Crippen molar-refractivity contribution in [2.45, 2.75) is 63.8 Å². The van der Waals surface area contributed by atoms with Gasteiger partial charge in [0.2, 0.25) is 0 Å². The molecule has 165 valence electrons. The molecule has 3 saturated carbocycles. The smallest absolute Gasteiger partial charge is 0.190 e. The number of rotatable bonds is 2. The molecule has 0 amide bonds. The Kier molecular flexibility index (Phi) is 5.37. The molecule has 0 aromatic carbocycles. The van der Waals surface area contributed by atoms with E-state index >= 15 is 4.39 Å². The number of ketones is 2. The van der Waals surface area contributed by atoms with Gasteiger partial charge in [0.05, 0.1) is 6.10 Å². The van der Waals surface area contributed by atoms with E-state index in [0.717, 1.165) is 0 Å². The van der Waals surface area contributed by atoms with Crippen LogP contribution < -0.4 is 0 Å². The first-order valence-corrected chi connectivity index (χ1v) is 10.1. The summed E-state index contributed by atoms with van der Waals surface area (Å²) in [6.45, 7) is 4.48. The molecular formula is C22H29CuFO5. The van der Waals surface area contributed by atoms with E-state index in [1.165, 1.54) is 12.2 Å². The quantitative estimate of drug-likeness (QED) is 0.553. The van der Waals surface area contributed by atoms with Crippen LogP contribution in [0.3, 0.4) is 0 Å². The second-order valence-electron chi connectivity index (χ2n) is 9.75. The summed E-state index contributed by atoms with van der Waals surface area (Å²) in [5, 5.41) is 32.0. The van der Waals surface area contributed by atoms with Gasteiger partial charge in [-0.05, 0) is 56.6 Å². The first-order valence-electron chi connectivity index (χ1n) is 10.1. The van der Waals surface area contributed by atoms with Crippen molar-refractivity contribution in [3.05, 3.63) is 23.8 Å². The minimum absolute atomic E-state index is 0. The third-order valence-electron chi connectivity index (χ3n) is 8.79. The summed E-state index contributed by atoms with van der Waals surface area (Å²) in [7, 11) is 0. The van der Waals surface area contributed by atoms with E-state index in [2.05, 4.69) is 0 Å². The second-order valence-corrected chi connectivity index (χ2v) is 9.75. The Morgan fingerprint density at radius 2 is 1.97 bits per heavy atom. The number of alkyl halides is 1. The molecule has 3 N–H and O–H groups in total. The van der Waals surface area contributed by atoms with Crippen molar-refractivity contribution in [1.82, 2.24) is 0 Å². The number of halogens is 1. The van der Waals surface area contributed by atoms with Crippen molar-refractivity contribution in [2.24, 2.45) is 28.6 Å². The maximum Gasteiger partial charge on any atom is 0.190 e. The van der Waals surface area contributed by atoms with Gasteiger partial charge in [0, 0.05) is 33.8 Å². The first kappa shape index (κ1) is 22.8. The molecule has 4 aliphatic rings. The Labute approximate surface area is 180 Å². The van der Waals surface area contributed by atoms with Crippen molar-refractivity contribution in [1.29, 1.82) is 0 Å². The molecule has 8 atom stereocenters. The SMILES string of the molecule is C[C@@H]1C[C@H]2[C@@H]3CCC4=CC(=O)C=C[C@]4(C)[C@@]3(F)[C@@H](O)C[C@]2(C)[C@@]1(O)C(=O)CO.[Cu]. The summed E-state index contributed by atoms with van der Waals surface area (Å²) in [5.41, 5.74) is -5.17. The van der Waals surface area contributed by atoms with Crippen LogP contribution in [0.5, 0.6) is 0 Å². The van der Waals surface area contributed by atoms with Crippen molar-refractivity contribution in [3.63, 3.8) is 0 Å². The fraction of sp³-hybridized carbons (Fsp3) is 0.727. The number of hydrogen-bond acceptors (Lipinski definition) is 5. The van der Waals surface area contributed by atoms with E-state index in [-0.39, 0.29) is 35.2 Å². The molecular weight excluding hydrogens is 427 g/mol. The summed E-state index contributed by atoms with van der Waals surface area (Å²) < 4.78 is 16.9. The number of fused-ring (bicyclic) bond motifs is 5. The molecule has 5 nitrogen and oxygen atoms in total. The van der Waals surface area contributed by atoms with E-state index in [4.69, 9.17) is 0 Å². The van der Waals surface area contributed by atoms with Gasteiger partial charge >= 0.3 is 0 Å². The zero-order valence-corrected chi connectivity index (χ0v) is 17.9. The van der Waals surface area contributed by atoms with E-state index in [9.17, 15) is 24.9 Å². The summed E-state index contributed by atoms with van der Waals surface area (Å²) in [5.74, 6) is -2.12. The van der Waals surface area contributed by atoms with Gasteiger partial charge < -0.3 is 15.3 Å². The normalized spacial score (nSPS) is 50.7. The molecule has 0 bridgehead atoms. The molecule has 1 radical (unpaired) electrons. The van der Waals surface area contributed by atoms with E-state index in [0.29, 0.717) is 24.8 Å². The van der Waals surface area contributed by atoms with Crippen LogP contribution in [0.4, 0.5) is 4.39 Å². The van der Waals surface area contributed by atoms with Gasteiger partial charge in [-0.25, -0.2) is 4.39 Å². The molecule has 0 saturated heterocycles. The molecule has 0 aromatic rings. The van der Waals surface area contributed by atoms with Crippen molar-refractivity contribution in [2.75, 3.05) is 6.61 Å². The first-order chi connectivity index (χ1) is 13.0. The van der Waals surface area contributed by atoms with Crippen LogP contribution in [0.25, 0.3) is 0 Å². The number of allylic oxidation sites excluding steroid dienone is 4. The molecule has 3 fully saturated rings. The van der Waals surface area contributed by atoms with Gasteiger partial charge in [-0.1, -0.05) is 25.5 Å². The zero-order valence-electron chi connectivity index (χ0n) is 16.9. The van der Waals surface area contributed by atoms with Crippen LogP contribution in [-0.4, -0.2) is 50.9 Å². The van der Waals surface area contributed by atoms with Gasteiger partial charge in [-0.3, -0.25) is 9.59 Å². The molecule has 0 unspecified atom stereocenters. The minimum atomic E-state index is -1.98. The average molecular weight is 456 g/mol. The maximum absolute atomic E-state index is 16.9. The standard InChI is InChI=1S/C22H29FO5.Cu/c1-12-8-16-15-5-4-13-9-14(25)6-7-19(13,2)21(15,23)17(26)10-20(16,3)22(12,28)18(27)11-24;/h6-7,9,12,15-17,24,26,28H,4-5,8,10-11H2,1-3H3;/t12-,15+,16+,17+,19+,20+,21+,22+;/m1./s1. The molecule has 0 aliphatic heterocycles. The molecule has 0 spiro atoms. The second kappa shape index (κ2) is 6.83. The Balaban J connectivity index is 0.00000240. The Bertz CT molecular complexity index is 811. The van der Waals surface area contributed by atoms with Crippen LogP contribution in [0.1, 0.15) is 46.5 Å². The van der Waals surface area contributed by atoms with Gasteiger partial charge in [0.25, 0.3) is 0 Å². The molecule has 0 aromatic heterocycles. The summed E-state index contributed by atoms with van der Waals surface area (Å²) in [6.07, 6.45) is 4.44. The number of carbonyl (C=O) groups excluding carboxylic acids is 2. The van der Waals surface area contributed by atoms with E-state index in [1.807, 2.05) is 0 Å². The summed E-state index contributed by atoms with van der Waals surface area (Å²) >= 11 is 0. The third-order valence-corrected chi connectivity index (χ3v) is 8.79. The Hall–Kier alpha value is -0.851. The summed E-state index contributed by atoms with van der Waals surface area (Å²) in [4.78, 5) is 24.4. The van der Waals surface area contributed by atoms with Crippen LogP contribution in [0, 0.1) is 28.6 Å². The van der Waals surface area contributed by atoms with Crippen LogP contribution in [-0.2, 0) is 26.7 Å². The fourth-order valence-electron chi connectivity index (χ4n) is 7.26. The molecule has 4 aliphatic carbocycles. The molecule has 7 heteroatoms. The van der Waals surface area contributed by atoms with Crippen molar-refractivity contribution in [3.8, 4) is 0 Å². The van der Waals surface area contributed by atoms with Gasteiger partial charge in [0.1, 0.15) is 12.2 Å².